The van der Waals surface area contributed by atoms with E-state index in [4.69, 9.17) is 0 Å². The number of carboxylic acid groups (broad SMARTS) is 1. The van der Waals surface area contributed by atoms with Crippen molar-refractivity contribution < 1.29 is 31.9 Å². The predicted molar refractivity (Wildman–Crippen MR) is 103 cm³/mol. The zero-order valence-electron chi connectivity index (χ0n) is 18.1. The molecule has 2 aliphatic rings. The molecule has 9 heteroatoms. The Kier molecular flexibility index (Phi) is 9.53. The molecule has 2 heterocycles. The summed E-state index contributed by atoms with van der Waals surface area (Å²) in [5.41, 5.74) is -2.35. The molecule has 0 aliphatic carbocycles. The van der Waals surface area contributed by atoms with Crippen LogP contribution in [0.15, 0.2) is 24.3 Å². The van der Waals surface area contributed by atoms with Gasteiger partial charge in [-0.3, -0.25) is 19.2 Å². The van der Waals surface area contributed by atoms with E-state index < -0.39 is 35.3 Å². The number of carbonyl (C=O) groups excluding carboxylic acids is 4. The van der Waals surface area contributed by atoms with E-state index in [0.29, 0.717) is 22.6 Å². The van der Waals surface area contributed by atoms with Gasteiger partial charge in [0.2, 0.25) is 5.66 Å². The van der Waals surface area contributed by atoms with Gasteiger partial charge in [-0.15, -0.1) is 0 Å². The Balaban J connectivity index is 0. The topological polar surface area (TPSA) is 112 Å². The second-order valence-corrected chi connectivity index (χ2v) is 6.68. The van der Waals surface area contributed by atoms with Gasteiger partial charge < -0.3 is 7.96 Å². The van der Waals surface area contributed by atoms with Crippen LogP contribution in [0.2, 0.25) is 0 Å². The minimum atomic E-state index is -2.35. The quantitative estimate of drug-likeness (QED) is 0.310. The number of rotatable bonds is 11. The number of unbranched alkanes of at least 4 members (excludes halogenated alkanes) is 6. The fraction of sp³-hybridized carbons (Fsp3) is 0.526. The summed E-state index contributed by atoms with van der Waals surface area (Å²) in [6.07, 6.45) is 9.81. The molecule has 0 bridgehead atoms. The third-order valence-electron chi connectivity index (χ3n) is 4.83. The van der Waals surface area contributed by atoms with Gasteiger partial charge in [-0.25, -0.2) is 14.6 Å². The Hall–Kier alpha value is -1.51. The molecule has 0 aromatic heterocycles. The number of hydrogen-bond donors (Lipinski definition) is 1. The van der Waals surface area contributed by atoms with Crippen LogP contribution >= 0.6 is 0 Å². The van der Waals surface area contributed by atoms with E-state index >= 15 is 0 Å². The molecule has 0 aromatic rings. The Labute approximate surface area is 196 Å². The standard InChI is InChI=1S/C19H24N2O6.Ca.2H/c1-2-3-4-5-6-7-8-13-19(18(26)27,20-14(22)9-10-15(20)23)21-16(24)11-12-17(21)25;;;/h9-12H,2-8,13H2,1H3,(H,26,27);;;/q;+2;2*-1. The first-order valence-electron chi connectivity index (χ1n) is 9.22. The SMILES string of the molecule is CCCCCCCCCC(C(=O)O)(N1C(=O)C=CC1=O)N1C(=O)C=CC1=O.[Ca+2].[H-].[H-]. The fourth-order valence-electron chi connectivity index (χ4n) is 3.48. The molecule has 0 aromatic carbocycles. The molecule has 0 unspecified atom stereocenters. The summed E-state index contributed by atoms with van der Waals surface area (Å²) >= 11 is 0. The van der Waals surface area contributed by atoms with E-state index in [0.717, 1.165) is 56.4 Å². The first-order chi connectivity index (χ1) is 12.9. The van der Waals surface area contributed by atoms with Crippen LogP contribution in [0.25, 0.3) is 0 Å². The third kappa shape index (κ3) is 4.90. The number of carboxylic acids is 1. The maximum Gasteiger partial charge on any atom is 2.00 e. The number of hydrogen-bond acceptors (Lipinski definition) is 5. The van der Waals surface area contributed by atoms with Crippen molar-refractivity contribution in [1.82, 2.24) is 9.80 Å². The average molecular weight is 419 g/mol. The molecular weight excluding hydrogens is 392 g/mol. The molecule has 0 spiro atoms. The van der Waals surface area contributed by atoms with Crippen LogP contribution in [-0.4, -0.2) is 87.9 Å². The maximum absolute atomic E-state index is 12.2. The van der Waals surface area contributed by atoms with Crippen LogP contribution in [0, 0.1) is 0 Å². The molecule has 0 fully saturated rings. The van der Waals surface area contributed by atoms with Crippen LogP contribution in [0.3, 0.4) is 0 Å². The molecule has 8 nitrogen and oxygen atoms in total. The number of nitrogens with zero attached hydrogens (tertiary/aromatic N) is 2. The normalized spacial score (nSPS) is 16.3. The predicted octanol–water partition coefficient (Wildman–Crippen LogP) is 1.60. The molecule has 2 rings (SSSR count). The Morgan fingerprint density at radius 1 is 0.821 bits per heavy atom. The largest absolute Gasteiger partial charge is 2.00 e. The van der Waals surface area contributed by atoms with Crippen molar-refractivity contribution in [1.29, 1.82) is 0 Å². The summed E-state index contributed by atoms with van der Waals surface area (Å²) in [7, 11) is 0. The summed E-state index contributed by atoms with van der Waals surface area (Å²) in [6, 6.07) is 0. The molecule has 0 radical (unpaired) electrons. The molecule has 150 valence electrons. The molecule has 0 saturated heterocycles. The van der Waals surface area contributed by atoms with Gasteiger partial charge in [-0.05, 0) is 6.42 Å². The van der Waals surface area contributed by atoms with Crippen molar-refractivity contribution in [3.8, 4) is 0 Å². The van der Waals surface area contributed by atoms with E-state index in [2.05, 4.69) is 6.92 Å². The minimum absolute atomic E-state index is 0. The Morgan fingerprint density at radius 2 is 1.18 bits per heavy atom. The first-order valence-corrected chi connectivity index (χ1v) is 9.22. The van der Waals surface area contributed by atoms with Gasteiger partial charge in [-0.1, -0.05) is 45.4 Å². The van der Waals surface area contributed by atoms with E-state index in [1.165, 1.54) is 0 Å². The van der Waals surface area contributed by atoms with Gasteiger partial charge >= 0.3 is 43.7 Å². The summed E-state index contributed by atoms with van der Waals surface area (Å²) in [5.74, 6) is -4.98. The second-order valence-electron chi connectivity index (χ2n) is 6.68. The number of carbonyl (C=O) groups is 5. The molecule has 28 heavy (non-hydrogen) atoms. The number of aliphatic carboxylic acids is 1. The summed E-state index contributed by atoms with van der Waals surface area (Å²) < 4.78 is 0. The van der Waals surface area contributed by atoms with E-state index in [-0.39, 0.29) is 47.0 Å². The summed E-state index contributed by atoms with van der Waals surface area (Å²) in [5, 5.41) is 9.94. The molecule has 2 aliphatic heterocycles. The van der Waals surface area contributed by atoms with Gasteiger partial charge in [0.25, 0.3) is 23.6 Å². The minimum Gasteiger partial charge on any atom is -1.00 e. The van der Waals surface area contributed by atoms with Crippen molar-refractivity contribution in [2.45, 2.75) is 64.0 Å². The van der Waals surface area contributed by atoms with Gasteiger partial charge in [0.15, 0.2) is 0 Å². The van der Waals surface area contributed by atoms with Gasteiger partial charge in [0, 0.05) is 30.7 Å². The maximum atomic E-state index is 12.2. The van der Waals surface area contributed by atoms with Gasteiger partial charge in [0.1, 0.15) is 0 Å². The molecule has 0 atom stereocenters. The number of imide groups is 2. The van der Waals surface area contributed by atoms with Gasteiger partial charge in [0.05, 0.1) is 0 Å². The number of amides is 4. The summed E-state index contributed by atoms with van der Waals surface area (Å²) in [6.45, 7) is 2.11. The van der Waals surface area contributed by atoms with E-state index in [1.807, 2.05) is 0 Å². The molecule has 4 amide bonds. The fourth-order valence-corrected chi connectivity index (χ4v) is 3.48. The van der Waals surface area contributed by atoms with Crippen molar-refractivity contribution >= 4 is 67.3 Å². The molecule has 1 N–H and O–H groups in total. The van der Waals surface area contributed by atoms with Gasteiger partial charge in [-0.2, -0.15) is 0 Å². The Bertz CT molecular complexity index is 648. The monoisotopic (exact) mass is 418 g/mol. The van der Waals surface area contributed by atoms with Crippen LogP contribution < -0.4 is 0 Å². The van der Waals surface area contributed by atoms with Crippen molar-refractivity contribution in [2.75, 3.05) is 0 Å². The Morgan fingerprint density at radius 3 is 1.54 bits per heavy atom. The van der Waals surface area contributed by atoms with E-state index in [1.54, 1.807) is 0 Å². The van der Waals surface area contributed by atoms with Crippen molar-refractivity contribution in [3.05, 3.63) is 24.3 Å². The zero-order chi connectivity index (χ0) is 20.0. The molecular formula is C19H26CaN2O6. The van der Waals surface area contributed by atoms with E-state index in [9.17, 15) is 29.1 Å². The average Bonchev–Trinajstić information content (AvgIpc) is 3.13. The molecule has 0 saturated carbocycles. The first kappa shape index (κ1) is 24.5. The third-order valence-corrected chi connectivity index (χ3v) is 4.83. The zero-order valence-corrected chi connectivity index (χ0v) is 18.3. The van der Waals surface area contributed by atoms with Crippen molar-refractivity contribution in [3.63, 3.8) is 0 Å². The van der Waals surface area contributed by atoms with Crippen molar-refractivity contribution in [2.24, 2.45) is 0 Å². The van der Waals surface area contributed by atoms with Crippen LogP contribution in [-0.2, 0) is 24.0 Å². The van der Waals surface area contributed by atoms with Crippen LogP contribution in [0.5, 0.6) is 0 Å². The smallest absolute Gasteiger partial charge is 1.00 e. The van der Waals surface area contributed by atoms with Crippen LogP contribution in [0.4, 0.5) is 0 Å². The summed E-state index contributed by atoms with van der Waals surface area (Å²) in [4.78, 5) is 62.0. The second kappa shape index (κ2) is 10.9. The van der Waals surface area contributed by atoms with Crippen LogP contribution in [0.1, 0.15) is 61.1 Å².